The molecule has 0 radical (unpaired) electrons. The number of rotatable bonds is 4. The summed E-state index contributed by atoms with van der Waals surface area (Å²) >= 11 is 0. The maximum Gasteiger partial charge on any atom is 0.123 e. The van der Waals surface area contributed by atoms with E-state index in [1.807, 2.05) is 12.3 Å². The Balaban J connectivity index is 1.34. The predicted molar refractivity (Wildman–Crippen MR) is 91.4 cm³/mol. The predicted octanol–water partition coefficient (Wildman–Crippen LogP) is 2.66. The largest absolute Gasteiger partial charge is 0.493 e. The smallest absolute Gasteiger partial charge is 0.123 e. The number of nitrogens with zero attached hydrogens (tertiary/aromatic N) is 2. The van der Waals surface area contributed by atoms with Gasteiger partial charge in [0.2, 0.25) is 0 Å². The monoisotopic (exact) mass is 309 g/mol. The number of hydrogen-bond donors (Lipinski definition) is 1. The van der Waals surface area contributed by atoms with E-state index in [0.717, 1.165) is 44.2 Å². The number of aromatic nitrogens is 1. The Bertz CT molecular complexity index is 684. The van der Waals surface area contributed by atoms with Gasteiger partial charge in [0, 0.05) is 25.7 Å². The molecule has 0 bridgehead atoms. The summed E-state index contributed by atoms with van der Waals surface area (Å²) in [5.74, 6) is 2.39. The van der Waals surface area contributed by atoms with Crippen molar-refractivity contribution in [3.05, 3.63) is 53.2 Å². The molecule has 1 saturated heterocycles. The summed E-state index contributed by atoms with van der Waals surface area (Å²) in [4.78, 5) is 6.76. The molecule has 1 unspecified atom stereocenters. The lowest BCUT2D eigenvalue weighted by atomic mass is 10.00. The molecule has 0 saturated carbocycles. The molecule has 2 aliphatic heterocycles. The molecular weight excluding hydrogens is 286 g/mol. The minimum atomic E-state index is 0.599. The Kier molecular flexibility index (Phi) is 3.92. The molecule has 1 atom stereocenters. The highest BCUT2D eigenvalue weighted by Gasteiger charge is 2.23. The van der Waals surface area contributed by atoms with Crippen LogP contribution in [0.25, 0.3) is 0 Å². The van der Waals surface area contributed by atoms with Gasteiger partial charge in [0.25, 0.3) is 0 Å². The molecule has 3 heterocycles. The molecule has 4 heteroatoms. The highest BCUT2D eigenvalue weighted by molar-refractivity contribution is 5.39. The van der Waals surface area contributed by atoms with E-state index in [1.54, 1.807) is 0 Å². The van der Waals surface area contributed by atoms with Gasteiger partial charge in [-0.05, 0) is 54.1 Å². The van der Waals surface area contributed by atoms with Crippen molar-refractivity contribution >= 4 is 5.82 Å². The Morgan fingerprint density at radius 1 is 1.22 bits per heavy atom. The fourth-order valence-electron chi connectivity index (χ4n) is 3.71. The topological polar surface area (TPSA) is 51.4 Å². The minimum absolute atomic E-state index is 0.599. The van der Waals surface area contributed by atoms with E-state index in [0.29, 0.717) is 5.82 Å². The Labute approximate surface area is 137 Å². The van der Waals surface area contributed by atoms with Gasteiger partial charge < -0.3 is 10.5 Å². The first-order valence-electron chi connectivity index (χ1n) is 8.43. The summed E-state index contributed by atoms with van der Waals surface area (Å²) in [5, 5.41) is 0. The summed E-state index contributed by atoms with van der Waals surface area (Å²) in [7, 11) is 0. The zero-order valence-corrected chi connectivity index (χ0v) is 13.4. The number of pyridine rings is 1. The SMILES string of the molecule is Nc1ccc(CC2CCN(Cc3ccc4c(c3)CCO4)C2)cn1. The summed E-state index contributed by atoms with van der Waals surface area (Å²) in [6.07, 6.45) is 5.33. The van der Waals surface area contributed by atoms with Gasteiger partial charge in [-0.2, -0.15) is 0 Å². The van der Waals surface area contributed by atoms with Crippen LogP contribution in [0.15, 0.2) is 36.5 Å². The van der Waals surface area contributed by atoms with Gasteiger partial charge in [0.05, 0.1) is 6.61 Å². The molecule has 2 aliphatic rings. The van der Waals surface area contributed by atoms with E-state index in [1.165, 1.54) is 29.7 Å². The number of ether oxygens (including phenoxy) is 1. The zero-order chi connectivity index (χ0) is 15.6. The number of nitrogen functional groups attached to an aromatic ring is 1. The normalized spacial score (nSPS) is 20.4. The number of fused-ring (bicyclic) bond motifs is 1. The fraction of sp³-hybridized carbons (Fsp3) is 0.421. The number of likely N-dealkylation sites (tertiary alicyclic amines) is 1. The highest BCUT2D eigenvalue weighted by Crippen LogP contribution is 2.28. The van der Waals surface area contributed by atoms with Gasteiger partial charge in [-0.3, -0.25) is 4.90 Å². The van der Waals surface area contributed by atoms with E-state index in [-0.39, 0.29) is 0 Å². The molecule has 0 spiro atoms. The molecule has 0 amide bonds. The third-order valence-electron chi connectivity index (χ3n) is 4.90. The van der Waals surface area contributed by atoms with Crippen LogP contribution in [-0.4, -0.2) is 29.6 Å². The van der Waals surface area contributed by atoms with Crippen LogP contribution in [0.5, 0.6) is 5.75 Å². The van der Waals surface area contributed by atoms with Crippen molar-refractivity contribution in [2.24, 2.45) is 5.92 Å². The van der Waals surface area contributed by atoms with Crippen LogP contribution in [0.3, 0.4) is 0 Å². The maximum absolute atomic E-state index is 5.65. The lowest BCUT2D eigenvalue weighted by Gasteiger charge is -2.16. The summed E-state index contributed by atoms with van der Waals surface area (Å²) in [6.45, 7) is 4.22. The number of benzene rings is 1. The van der Waals surface area contributed by atoms with E-state index in [9.17, 15) is 0 Å². The number of anilines is 1. The van der Waals surface area contributed by atoms with Gasteiger partial charge in [0.1, 0.15) is 11.6 Å². The van der Waals surface area contributed by atoms with Crippen molar-refractivity contribution in [3.63, 3.8) is 0 Å². The molecule has 1 fully saturated rings. The van der Waals surface area contributed by atoms with Gasteiger partial charge >= 0.3 is 0 Å². The second-order valence-electron chi connectivity index (χ2n) is 6.73. The third kappa shape index (κ3) is 3.32. The number of nitrogens with two attached hydrogens (primary N) is 1. The van der Waals surface area contributed by atoms with E-state index >= 15 is 0 Å². The van der Waals surface area contributed by atoms with Crippen LogP contribution in [0.1, 0.15) is 23.1 Å². The van der Waals surface area contributed by atoms with Crippen LogP contribution >= 0.6 is 0 Å². The molecule has 120 valence electrons. The van der Waals surface area contributed by atoms with Crippen LogP contribution in [0.4, 0.5) is 5.82 Å². The van der Waals surface area contributed by atoms with Crippen LogP contribution in [0.2, 0.25) is 0 Å². The Hall–Kier alpha value is -2.07. The van der Waals surface area contributed by atoms with Gasteiger partial charge in [-0.15, -0.1) is 0 Å². The summed E-state index contributed by atoms with van der Waals surface area (Å²) < 4.78 is 5.59. The fourth-order valence-corrected chi connectivity index (χ4v) is 3.71. The first kappa shape index (κ1) is 14.5. The van der Waals surface area contributed by atoms with E-state index in [2.05, 4.69) is 34.1 Å². The first-order valence-corrected chi connectivity index (χ1v) is 8.43. The molecule has 2 aromatic rings. The van der Waals surface area contributed by atoms with Crippen molar-refractivity contribution in [1.29, 1.82) is 0 Å². The van der Waals surface area contributed by atoms with Gasteiger partial charge in [-0.25, -0.2) is 4.98 Å². The quantitative estimate of drug-likeness (QED) is 0.943. The Morgan fingerprint density at radius 2 is 2.13 bits per heavy atom. The summed E-state index contributed by atoms with van der Waals surface area (Å²) in [5.41, 5.74) is 9.72. The molecule has 4 nitrogen and oxygen atoms in total. The first-order chi connectivity index (χ1) is 11.3. The van der Waals surface area contributed by atoms with Gasteiger partial charge in [-0.1, -0.05) is 18.2 Å². The van der Waals surface area contributed by atoms with E-state index in [4.69, 9.17) is 10.5 Å². The molecule has 1 aromatic carbocycles. The maximum atomic E-state index is 5.65. The molecule has 1 aromatic heterocycles. The molecule has 23 heavy (non-hydrogen) atoms. The Morgan fingerprint density at radius 3 is 3.00 bits per heavy atom. The molecule has 4 rings (SSSR count). The van der Waals surface area contributed by atoms with Crippen molar-refractivity contribution in [2.45, 2.75) is 25.8 Å². The van der Waals surface area contributed by atoms with Crippen molar-refractivity contribution in [1.82, 2.24) is 9.88 Å². The standard InChI is InChI=1S/C19H23N3O/c20-19-4-2-14(11-21-19)9-16-5-7-22(13-16)12-15-1-3-18-17(10-15)6-8-23-18/h1-4,10-11,16H,5-9,12-13H2,(H2,20,21). The van der Waals surface area contributed by atoms with Crippen molar-refractivity contribution < 1.29 is 4.74 Å². The van der Waals surface area contributed by atoms with Crippen LogP contribution < -0.4 is 10.5 Å². The number of hydrogen-bond acceptors (Lipinski definition) is 4. The average Bonchev–Trinajstić information content (AvgIpc) is 3.18. The second-order valence-corrected chi connectivity index (χ2v) is 6.73. The van der Waals surface area contributed by atoms with Crippen LogP contribution in [0, 0.1) is 5.92 Å². The third-order valence-corrected chi connectivity index (χ3v) is 4.90. The average molecular weight is 309 g/mol. The molecular formula is C19H23N3O. The lowest BCUT2D eigenvalue weighted by Crippen LogP contribution is -2.20. The van der Waals surface area contributed by atoms with Crippen molar-refractivity contribution in [2.75, 3.05) is 25.4 Å². The second kappa shape index (κ2) is 6.20. The van der Waals surface area contributed by atoms with Crippen molar-refractivity contribution in [3.8, 4) is 5.75 Å². The summed E-state index contributed by atoms with van der Waals surface area (Å²) in [6, 6.07) is 10.7. The van der Waals surface area contributed by atoms with E-state index < -0.39 is 0 Å². The minimum Gasteiger partial charge on any atom is -0.493 e. The van der Waals surface area contributed by atoms with Gasteiger partial charge in [0.15, 0.2) is 0 Å². The highest BCUT2D eigenvalue weighted by atomic mass is 16.5. The molecule has 2 N–H and O–H groups in total. The molecule has 0 aliphatic carbocycles. The lowest BCUT2D eigenvalue weighted by molar-refractivity contribution is 0.316. The van der Waals surface area contributed by atoms with Crippen LogP contribution in [-0.2, 0) is 19.4 Å². The zero-order valence-electron chi connectivity index (χ0n) is 13.4.